The molecule has 17 heavy (non-hydrogen) atoms. The first-order valence-electron chi connectivity index (χ1n) is 6.02. The fraction of sp³-hybridized carbons (Fsp3) is 0.571. The number of aryl methyl sites for hydroxylation is 2. The molecule has 0 aliphatic rings. The maximum absolute atomic E-state index is 5.47. The molecule has 0 N–H and O–H groups in total. The third-order valence-electron chi connectivity index (χ3n) is 3.02. The second-order valence-corrected chi connectivity index (χ2v) is 4.99. The Bertz CT molecular complexity index is 365. The van der Waals surface area contributed by atoms with Gasteiger partial charge in [-0.05, 0) is 50.1 Å². The van der Waals surface area contributed by atoms with E-state index >= 15 is 0 Å². The van der Waals surface area contributed by atoms with Crippen LogP contribution in [-0.4, -0.2) is 37.9 Å². The third-order valence-corrected chi connectivity index (χ3v) is 3.22. The highest BCUT2D eigenvalue weighted by Gasteiger charge is 2.08. The van der Waals surface area contributed by atoms with E-state index in [0.717, 1.165) is 31.0 Å². The molecule has 0 fully saturated rings. The fourth-order valence-electron chi connectivity index (χ4n) is 2.05. The van der Waals surface area contributed by atoms with Crippen LogP contribution in [0.1, 0.15) is 16.7 Å². The summed E-state index contributed by atoms with van der Waals surface area (Å²) in [7, 11) is 3.88. The van der Waals surface area contributed by atoms with Crippen LogP contribution < -0.4 is 4.74 Å². The van der Waals surface area contributed by atoms with Crippen LogP contribution in [0, 0.1) is 13.8 Å². The molecule has 0 radical (unpaired) electrons. The first-order valence-corrected chi connectivity index (χ1v) is 6.65. The van der Waals surface area contributed by atoms with Gasteiger partial charge in [-0.1, -0.05) is 6.07 Å². The Morgan fingerprint density at radius 1 is 1.24 bits per heavy atom. The van der Waals surface area contributed by atoms with Crippen LogP contribution in [-0.2, 0) is 6.42 Å². The van der Waals surface area contributed by atoms with Gasteiger partial charge in [-0.3, -0.25) is 0 Å². The summed E-state index contributed by atoms with van der Waals surface area (Å²) < 4.78 is 5.47. The van der Waals surface area contributed by atoms with Gasteiger partial charge in [0.25, 0.3) is 0 Å². The molecule has 1 aromatic rings. The van der Waals surface area contributed by atoms with Crippen LogP contribution in [0.25, 0.3) is 0 Å². The van der Waals surface area contributed by atoms with Gasteiger partial charge >= 0.3 is 0 Å². The Balaban J connectivity index is 2.76. The predicted octanol–water partition coefficient (Wildman–Crippen LogP) is 2.72. The van der Waals surface area contributed by atoms with Gasteiger partial charge in [0.15, 0.2) is 0 Å². The van der Waals surface area contributed by atoms with E-state index in [2.05, 4.69) is 50.6 Å². The van der Waals surface area contributed by atoms with Crippen LogP contribution in [0.3, 0.4) is 0 Å². The van der Waals surface area contributed by atoms with E-state index in [1.54, 1.807) is 7.11 Å². The van der Waals surface area contributed by atoms with Gasteiger partial charge < -0.3 is 9.64 Å². The molecule has 0 aliphatic heterocycles. The molecule has 0 atom stereocenters. The smallest absolute Gasteiger partial charge is 0.122 e. The van der Waals surface area contributed by atoms with Gasteiger partial charge in [0.05, 0.1) is 7.11 Å². The molecule has 0 heterocycles. The zero-order valence-corrected chi connectivity index (χ0v) is 12.2. The van der Waals surface area contributed by atoms with Crippen molar-refractivity contribution in [2.24, 2.45) is 0 Å². The molecule has 0 spiro atoms. The quantitative estimate of drug-likeness (QED) is 0.783. The molecule has 0 unspecified atom stereocenters. The summed E-state index contributed by atoms with van der Waals surface area (Å²) in [5.74, 6) is 1.92. The summed E-state index contributed by atoms with van der Waals surface area (Å²) >= 11 is 4.25. The van der Waals surface area contributed by atoms with E-state index in [4.69, 9.17) is 4.74 Å². The summed E-state index contributed by atoms with van der Waals surface area (Å²) in [6.45, 7) is 6.33. The number of ether oxygens (including phenoxy) is 1. The summed E-state index contributed by atoms with van der Waals surface area (Å²) in [6, 6.07) is 4.33. The molecule has 0 saturated carbocycles. The van der Waals surface area contributed by atoms with Crippen molar-refractivity contribution in [2.45, 2.75) is 20.3 Å². The van der Waals surface area contributed by atoms with E-state index in [9.17, 15) is 0 Å². The van der Waals surface area contributed by atoms with Crippen LogP contribution in [0.4, 0.5) is 0 Å². The number of nitrogens with zero attached hydrogens (tertiary/aromatic N) is 1. The molecule has 0 bridgehead atoms. The Kier molecular flexibility index (Phi) is 5.86. The highest BCUT2D eigenvalue weighted by Crippen LogP contribution is 2.24. The standard InChI is InChI=1S/C14H23NOS/c1-11-9-12(2)13(14(10-11)16-4)5-6-15(3)7-8-17/h9-10,17H,5-8H2,1-4H3. The summed E-state index contributed by atoms with van der Waals surface area (Å²) in [5.41, 5.74) is 3.90. The van der Waals surface area contributed by atoms with Crippen molar-refractivity contribution < 1.29 is 4.74 Å². The van der Waals surface area contributed by atoms with E-state index in [-0.39, 0.29) is 0 Å². The van der Waals surface area contributed by atoms with Gasteiger partial charge in [0, 0.05) is 18.8 Å². The number of hydrogen-bond acceptors (Lipinski definition) is 3. The highest BCUT2D eigenvalue weighted by molar-refractivity contribution is 7.80. The lowest BCUT2D eigenvalue weighted by molar-refractivity contribution is 0.354. The second kappa shape index (κ2) is 6.92. The van der Waals surface area contributed by atoms with Gasteiger partial charge in [-0.15, -0.1) is 0 Å². The molecule has 0 aliphatic carbocycles. The predicted molar refractivity (Wildman–Crippen MR) is 77.5 cm³/mol. The lowest BCUT2D eigenvalue weighted by Gasteiger charge is -2.18. The minimum Gasteiger partial charge on any atom is -0.496 e. The van der Waals surface area contributed by atoms with Crippen molar-refractivity contribution >= 4 is 12.6 Å². The maximum Gasteiger partial charge on any atom is 0.122 e. The molecule has 96 valence electrons. The summed E-state index contributed by atoms with van der Waals surface area (Å²) in [5, 5.41) is 0. The van der Waals surface area contributed by atoms with Crippen molar-refractivity contribution in [1.29, 1.82) is 0 Å². The molecule has 0 aromatic heterocycles. The van der Waals surface area contributed by atoms with E-state index in [1.807, 2.05) is 0 Å². The van der Waals surface area contributed by atoms with Crippen LogP contribution >= 0.6 is 12.6 Å². The van der Waals surface area contributed by atoms with Crippen LogP contribution in [0.2, 0.25) is 0 Å². The van der Waals surface area contributed by atoms with Gasteiger partial charge in [-0.2, -0.15) is 12.6 Å². The monoisotopic (exact) mass is 253 g/mol. The maximum atomic E-state index is 5.47. The fourth-order valence-corrected chi connectivity index (χ4v) is 2.39. The van der Waals surface area contributed by atoms with E-state index in [1.165, 1.54) is 16.7 Å². The zero-order chi connectivity index (χ0) is 12.8. The number of methoxy groups -OCH3 is 1. The number of thiol groups is 1. The number of likely N-dealkylation sites (N-methyl/N-ethyl adjacent to an activating group) is 1. The number of rotatable bonds is 6. The van der Waals surface area contributed by atoms with Crippen molar-refractivity contribution in [1.82, 2.24) is 4.90 Å². The van der Waals surface area contributed by atoms with Crippen LogP contribution in [0.5, 0.6) is 5.75 Å². The molecule has 3 heteroatoms. The van der Waals surface area contributed by atoms with Gasteiger partial charge in [-0.25, -0.2) is 0 Å². The highest BCUT2D eigenvalue weighted by atomic mass is 32.1. The Hall–Kier alpha value is -0.670. The Labute approximate surface area is 110 Å². The normalized spacial score (nSPS) is 10.9. The molecule has 0 amide bonds. The number of benzene rings is 1. The van der Waals surface area contributed by atoms with Crippen molar-refractivity contribution in [3.63, 3.8) is 0 Å². The lowest BCUT2D eigenvalue weighted by atomic mass is 10.0. The minimum absolute atomic E-state index is 0.903. The first-order chi connectivity index (χ1) is 8.08. The summed E-state index contributed by atoms with van der Waals surface area (Å²) in [6.07, 6.45) is 1.03. The third kappa shape index (κ3) is 4.25. The Morgan fingerprint density at radius 2 is 1.94 bits per heavy atom. The largest absolute Gasteiger partial charge is 0.496 e. The first kappa shape index (κ1) is 14.4. The number of hydrogen-bond donors (Lipinski definition) is 1. The molecule has 0 saturated heterocycles. The minimum atomic E-state index is 0.903. The SMILES string of the molecule is COc1cc(C)cc(C)c1CCN(C)CCS. The lowest BCUT2D eigenvalue weighted by Crippen LogP contribution is -2.23. The summed E-state index contributed by atoms with van der Waals surface area (Å²) in [4.78, 5) is 2.30. The van der Waals surface area contributed by atoms with Crippen molar-refractivity contribution in [2.75, 3.05) is 33.0 Å². The molecule has 1 aromatic carbocycles. The van der Waals surface area contributed by atoms with Crippen LogP contribution in [0.15, 0.2) is 12.1 Å². The van der Waals surface area contributed by atoms with E-state index in [0.29, 0.717) is 0 Å². The topological polar surface area (TPSA) is 12.5 Å². The Morgan fingerprint density at radius 3 is 2.53 bits per heavy atom. The van der Waals surface area contributed by atoms with Crippen molar-refractivity contribution in [3.8, 4) is 5.75 Å². The average Bonchev–Trinajstić information content (AvgIpc) is 2.27. The molecular formula is C14H23NOS. The van der Waals surface area contributed by atoms with Gasteiger partial charge in [0.2, 0.25) is 0 Å². The van der Waals surface area contributed by atoms with E-state index < -0.39 is 0 Å². The molecule has 2 nitrogen and oxygen atoms in total. The van der Waals surface area contributed by atoms with Crippen molar-refractivity contribution in [3.05, 3.63) is 28.8 Å². The average molecular weight is 253 g/mol. The molecular weight excluding hydrogens is 230 g/mol. The molecule has 1 rings (SSSR count). The van der Waals surface area contributed by atoms with Gasteiger partial charge in [0.1, 0.15) is 5.75 Å². The second-order valence-electron chi connectivity index (χ2n) is 4.54. The zero-order valence-electron chi connectivity index (χ0n) is 11.3.